The number of carboxylic acid groups (broad SMARTS) is 1. The maximum Gasteiger partial charge on any atom is 0.410 e. The van der Waals surface area contributed by atoms with E-state index in [4.69, 9.17) is 9.84 Å². The van der Waals surface area contributed by atoms with E-state index in [9.17, 15) is 14.0 Å². The largest absolute Gasteiger partial charge is 0.478 e. The third-order valence-electron chi connectivity index (χ3n) is 5.19. The van der Waals surface area contributed by atoms with Gasteiger partial charge in [0.05, 0.1) is 6.04 Å². The van der Waals surface area contributed by atoms with Crippen LogP contribution in [-0.4, -0.2) is 34.2 Å². The molecule has 1 amide bonds. The molecule has 2 aromatic carbocycles. The molecule has 3 rings (SSSR count). The van der Waals surface area contributed by atoms with Gasteiger partial charge in [-0.3, -0.25) is 0 Å². The normalized spacial score (nSPS) is 15.7. The smallest absolute Gasteiger partial charge is 0.410 e. The summed E-state index contributed by atoms with van der Waals surface area (Å²) in [6, 6.07) is 12.0. The Morgan fingerprint density at radius 3 is 2.55 bits per heavy atom. The van der Waals surface area contributed by atoms with Crippen molar-refractivity contribution in [2.24, 2.45) is 0 Å². The molecular formula is C25H28FNO4. The summed E-state index contributed by atoms with van der Waals surface area (Å²) in [5.41, 5.74) is 3.31. The molecular weight excluding hydrogens is 397 g/mol. The standard InChI is InChI=1S/C25H28FNO4/c1-25(2,3)31-24(30)27(15-14-17-4-9-20(26)10-5-17)22-12-8-19-16-18(6-11-21(19)22)7-13-23(28)29/h4-7,9-11,13,16,22H,8,12,14-15H2,1-3H3,(H,28,29)/b13-7+. The second-order valence-corrected chi connectivity index (χ2v) is 8.73. The first-order valence-corrected chi connectivity index (χ1v) is 10.4. The van der Waals surface area contributed by atoms with E-state index in [0.717, 1.165) is 41.2 Å². The topological polar surface area (TPSA) is 66.8 Å². The van der Waals surface area contributed by atoms with Crippen molar-refractivity contribution in [3.05, 3.63) is 76.6 Å². The van der Waals surface area contributed by atoms with Crippen LogP contribution in [-0.2, 0) is 22.4 Å². The molecule has 0 aromatic heterocycles. The molecule has 0 saturated carbocycles. The summed E-state index contributed by atoms with van der Waals surface area (Å²) in [5, 5.41) is 8.84. The van der Waals surface area contributed by atoms with Crippen molar-refractivity contribution in [1.82, 2.24) is 4.90 Å². The SMILES string of the molecule is CC(C)(C)OC(=O)N(CCc1ccc(F)cc1)C1CCc2cc(/C=C/C(=O)O)ccc21. The fourth-order valence-electron chi connectivity index (χ4n) is 3.81. The molecule has 1 aliphatic rings. The first-order valence-electron chi connectivity index (χ1n) is 10.4. The molecule has 0 aliphatic heterocycles. The van der Waals surface area contributed by atoms with Crippen molar-refractivity contribution in [3.8, 4) is 0 Å². The number of ether oxygens (including phenoxy) is 1. The lowest BCUT2D eigenvalue weighted by atomic mass is 10.0. The minimum absolute atomic E-state index is 0.122. The highest BCUT2D eigenvalue weighted by atomic mass is 19.1. The van der Waals surface area contributed by atoms with Crippen LogP contribution in [0.1, 0.15) is 55.5 Å². The number of carbonyl (C=O) groups is 2. The zero-order chi connectivity index (χ0) is 22.6. The van der Waals surface area contributed by atoms with Gasteiger partial charge in [0, 0.05) is 12.6 Å². The number of hydrogen-bond acceptors (Lipinski definition) is 3. The van der Waals surface area contributed by atoms with E-state index in [2.05, 4.69) is 0 Å². The summed E-state index contributed by atoms with van der Waals surface area (Å²) in [5.74, 6) is -1.28. The molecule has 1 unspecified atom stereocenters. The number of rotatable bonds is 6. The maximum atomic E-state index is 13.2. The van der Waals surface area contributed by atoms with E-state index < -0.39 is 11.6 Å². The maximum absolute atomic E-state index is 13.2. The molecule has 5 nitrogen and oxygen atoms in total. The van der Waals surface area contributed by atoms with Gasteiger partial charge >= 0.3 is 12.1 Å². The molecule has 0 fully saturated rings. The first kappa shape index (κ1) is 22.5. The molecule has 1 atom stereocenters. The lowest BCUT2D eigenvalue weighted by Crippen LogP contribution is -2.40. The number of benzene rings is 2. The molecule has 1 N–H and O–H groups in total. The van der Waals surface area contributed by atoms with Crippen molar-refractivity contribution in [1.29, 1.82) is 0 Å². The number of aliphatic carboxylic acids is 1. The van der Waals surface area contributed by atoms with E-state index in [-0.39, 0.29) is 18.0 Å². The second-order valence-electron chi connectivity index (χ2n) is 8.73. The van der Waals surface area contributed by atoms with Gasteiger partial charge in [-0.2, -0.15) is 0 Å². The molecule has 0 radical (unpaired) electrons. The number of hydrogen-bond donors (Lipinski definition) is 1. The zero-order valence-corrected chi connectivity index (χ0v) is 18.1. The third-order valence-corrected chi connectivity index (χ3v) is 5.19. The van der Waals surface area contributed by atoms with E-state index in [1.165, 1.54) is 12.1 Å². The van der Waals surface area contributed by atoms with Crippen molar-refractivity contribution >= 4 is 18.1 Å². The minimum atomic E-state index is -0.990. The summed E-state index contributed by atoms with van der Waals surface area (Å²) in [6.45, 7) is 5.97. The Bertz CT molecular complexity index is 976. The number of amides is 1. The van der Waals surface area contributed by atoms with Crippen LogP contribution in [0.4, 0.5) is 9.18 Å². The van der Waals surface area contributed by atoms with Gasteiger partial charge in [-0.1, -0.05) is 30.3 Å². The summed E-state index contributed by atoms with van der Waals surface area (Å²) in [7, 11) is 0. The molecule has 164 valence electrons. The number of carboxylic acids is 1. The highest BCUT2D eigenvalue weighted by Crippen LogP contribution is 2.37. The van der Waals surface area contributed by atoms with Crippen LogP contribution in [0, 0.1) is 5.82 Å². The van der Waals surface area contributed by atoms with Gasteiger partial charge in [0.1, 0.15) is 11.4 Å². The lowest BCUT2D eigenvalue weighted by Gasteiger charge is -2.32. The monoisotopic (exact) mass is 425 g/mol. The van der Waals surface area contributed by atoms with E-state index >= 15 is 0 Å². The summed E-state index contributed by atoms with van der Waals surface area (Å²) in [4.78, 5) is 25.6. The summed E-state index contributed by atoms with van der Waals surface area (Å²) < 4.78 is 18.9. The number of aryl methyl sites for hydroxylation is 1. The fourth-order valence-corrected chi connectivity index (χ4v) is 3.81. The second kappa shape index (κ2) is 9.33. The Balaban J connectivity index is 1.83. The van der Waals surface area contributed by atoms with Crippen LogP contribution in [0.25, 0.3) is 6.08 Å². The van der Waals surface area contributed by atoms with Crippen molar-refractivity contribution in [2.75, 3.05) is 6.54 Å². The van der Waals surface area contributed by atoms with Gasteiger partial charge in [-0.25, -0.2) is 14.0 Å². The highest BCUT2D eigenvalue weighted by Gasteiger charge is 2.33. The van der Waals surface area contributed by atoms with Crippen LogP contribution in [0.5, 0.6) is 0 Å². The molecule has 2 aromatic rings. The van der Waals surface area contributed by atoms with Gasteiger partial charge in [0.15, 0.2) is 0 Å². The number of carbonyl (C=O) groups excluding carboxylic acids is 1. The van der Waals surface area contributed by atoms with Gasteiger partial charge < -0.3 is 14.7 Å². The Labute approximate surface area is 182 Å². The fraction of sp³-hybridized carbons (Fsp3) is 0.360. The summed E-state index contributed by atoms with van der Waals surface area (Å²) in [6.07, 6.45) is 4.46. The Morgan fingerprint density at radius 2 is 1.90 bits per heavy atom. The van der Waals surface area contributed by atoms with Gasteiger partial charge in [0.25, 0.3) is 0 Å². The van der Waals surface area contributed by atoms with Crippen molar-refractivity contribution in [3.63, 3.8) is 0 Å². The van der Waals surface area contributed by atoms with Crippen LogP contribution < -0.4 is 0 Å². The van der Waals surface area contributed by atoms with Crippen LogP contribution in [0.2, 0.25) is 0 Å². The Hall–Kier alpha value is -3.15. The molecule has 0 spiro atoms. The van der Waals surface area contributed by atoms with E-state index in [0.29, 0.717) is 13.0 Å². The number of nitrogens with zero attached hydrogens (tertiary/aromatic N) is 1. The van der Waals surface area contributed by atoms with Gasteiger partial charge in [-0.05, 0) is 80.5 Å². The van der Waals surface area contributed by atoms with E-state index in [1.807, 2.05) is 39.0 Å². The molecule has 0 bridgehead atoms. The van der Waals surface area contributed by atoms with Gasteiger partial charge in [0.2, 0.25) is 0 Å². The predicted octanol–water partition coefficient (Wildman–Crippen LogP) is 5.39. The van der Waals surface area contributed by atoms with Crippen LogP contribution in [0.3, 0.4) is 0 Å². The highest BCUT2D eigenvalue weighted by molar-refractivity contribution is 5.85. The molecule has 31 heavy (non-hydrogen) atoms. The van der Waals surface area contributed by atoms with Crippen LogP contribution >= 0.6 is 0 Å². The number of halogens is 1. The van der Waals surface area contributed by atoms with E-state index in [1.54, 1.807) is 23.1 Å². The molecule has 1 aliphatic carbocycles. The minimum Gasteiger partial charge on any atom is -0.478 e. The summed E-state index contributed by atoms with van der Waals surface area (Å²) >= 11 is 0. The molecule has 0 heterocycles. The molecule has 0 saturated heterocycles. The Morgan fingerprint density at radius 1 is 1.19 bits per heavy atom. The average molecular weight is 426 g/mol. The lowest BCUT2D eigenvalue weighted by molar-refractivity contribution is -0.131. The van der Waals surface area contributed by atoms with Gasteiger partial charge in [-0.15, -0.1) is 0 Å². The number of fused-ring (bicyclic) bond motifs is 1. The Kier molecular flexibility index (Phi) is 6.78. The third kappa shape index (κ3) is 6.17. The quantitative estimate of drug-likeness (QED) is 0.630. The molecule has 6 heteroatoms. The van der Waals surface area contributed by atoms with Crippen molar-refractivity contribution < 1.29 is 23.8 Å². The predicted molar refractivity (Wildman–Crippen MR) is 117 cm³/mol. The average Bonchev–Trinajstić information content (AvgIpc) is 3.09. The van der Waals surface area contributed by atoms with Crippen molar-refractivity contribution in [2.45, 2.75) is 51.7 Å². The van der Waals surface area contributed by atoms with Crippen LogP contribution in [0.15, 0.2) is 48.5 Å². The zero-order valence-electron chi connectivity index (χ0n) is 18.1. The first-order chi connectivity index (χ1) is 14.6.